The highest BCUT2D eigenvalue weighted by Gasteiger charge is 2.24. The number of rotatable bonds is 5. The standard InChI is InChI=1S/C16H23NO4/c1-20-14-6-8-15(9-7-14)21-12-16(19)17-10-4-2-3-5-13(17)11-18/h6-9,13,18H,2-5,10-12H2,1H3. The van der Waals surface area contributed by atoms with E-state index >= 15 is 0 Å². The maximum atomic E-state index is 12.3. The van der Waals surface area contributed by atoms with Gasteiger partial charge in [0.2, 0.25) is 0 Å². The van der Waals surface area contributed by atoms with E-state index in [2.05, 4.69) is 0 Å². The third-order valence-corrected chi connectivity index (χ3v) is 3.83. The van der Waals surface area contributed by atoms with Crippen molar-refractivity contribution in [1.29, 1.82) is 0 Å². The summed E-state index contributed by atoms with van der Waals surface area (Å²) in [4.78, 5) is 14.0. The van der Waals surface area contributed by atoms with Crippen molar-refractivity contribution in [2.75, 3.05) is 26.9 Å². The molecule has 116 valence electrons. The zero-order valence-electron chi connectivity index (χ0n) is 12.5. The molecule has 1 aliphatic heterocycles. The van der Waals surface area contributed by atoms with Crippen LogP contribution >= 0.6 is 0 Å². The van der Waals surface area contributed by atoms with Crippen molar-refractivity contribution < 1.29 is 19.4 Å². The van der Waals surface area contributed by atoms with Gasteiger partial charge in [-0.05, 0) is 37.1 Å². The quantitative estimate of drug-likeness (QED) is 0.900. The lowest BCUT2D eigenvalue weighted by molar-refractivity contribution is -0.136. The molecule has 21 heavy (non-hydrogen) atoms. The normalized spacial score (nSPS) is 19.0. The number of hydrogen-bond acceptors (Lipinski definition) is 4. The van der Waals surface area contributed by atoms with Crippen LogP contribution in [0.25, 0.3) is 0 Å². The third-order valence-electron chi connectivity index (χ3n) is 3.83. The fourth-order valence-electron chi connectivity index (χ4n) is 2.60. The van der Waals surface area contributed by atoms with Gasteiger partial charge in [-0.1, -0.05) is 12.8 Å². The summed E-state index contributed by atoms with van der Waals surface area (Å²) in [6.07, 6.45) is 4.03. The van der Waals surface area contributed by atoms with Crippen molar-refractivity contribution >= 4 is 5.91 Å². The predicted molar refractivity (Wildman–Crippen MR) is 79.5 cm³/mol. The maximum absolute atomic E-state index is 12.3. The first kappa shape index (κ1) is 15.6. The van der Waals surface area contributed by atoms with Crippen LogP contribution < -0.4 is 9.47 Å². The first-order valence-corrected chi connectivity index (χ1v) is 7.41. The molecule has 1 aromatic carbocycles. The summed E-state index contributed by atoms with van der Waals surface area (Å²) in [6, 6.07) is 7.07. The van der Waals surface area contributed by atoms with Gasteiger partial charge in [-0.25, -0.2) is 0 Å². The van der Waals surface area contributed by atoms with E-state index < -0.39 is 0 Å². The van der Waals surface area contributed by atoms with Crippen LogP contribution in [0.15, 0.2) is 24.3 Å². The monoisotopic (exact) mass is 293 g/mol. The topological polar surface area (TPSA) is 59.0 Å². The molecule has 1 N–H and O–H groups in total. The average molecular weight is 293 g/mol. The van der Waals surface area contributed by atoms with Crippen LogP contribution in [-0.4, -0.2) is 48.8 Å². The Morgan fingerprint density at radius 2 is 1.95 bits per heavy atom. The summed E-state index contributed by atoms with van der Waals surface area (Å²) >= 11 is 0. The Labute approximate surface area is 125 Å². The molecule has 1 atom stereocenters. The maximum Gasteiger partial charge on any atom is 0.260 e. The van der Waals surface area contributed by atoms with Gasteiger partial charge in [0.15, 0.2) is 6.61 Å². The molecule has 5 nitrogen and oxygen atoms in total. The Balaban J connectivity index is 1.89. The highest BCUT2D eigenvalue weighted by Crippen LogP contribution is 2.19. The van der Waals surface area contributed by atoms with Crippen molar-refractivity contribution in [3.05, 3.63) is 24.3 Å². The second kappa shape index (κ2) is 7.88. The Morgan fingerprint density at radius 1 is 1.24 bits per heavy atom. The molecule has 0 spiro atoms. The Morgan fingerprint density at radius 3 is 2.62 bits per heavy atom. The molecular weight excluding hydrogens is 270 g/mol. The largest absolute Gasteiger partial charge is 0.497 e. The number of benzene rings is 1. The van der Waals surface area contributed by atoms with E-state index in [1.54, 1.807) is 36.3 Å². The Hall–Kier alpha value is -1.75. The van der Waals surface area contributed by atoms with Gasteiger partial charge in [-0.3, -0.25) is 4.79 Å². The van der Waals surface area contributed by atoms with Crippen molar-refractivity contribution in [2.24, 2.45) is 0 Å². The van der Waals surface area contributed by atoms with Crippen LogP contribution in [0.3, 0.4) is 0 Å². The molecule has 1 fully saturated rings. The van der Waals surface area contributed by atoms with Gasteiger partial charge in [0.05, 0.1) is 19.8 Å². The highest BCUT2D eigenvalue weighted by molar-refractivity contribution is 5.78. The molecule has 1 amide bonds. The van der Waals surface area contributed by atoms with Gasteiger partial charge in [-0.2, -0.15) is 0 Å². The van der Waals surface area contributed by atoms with Crippen LogP contribution in [0.2, 0.25) is 0 Å². The fourth-order valence-corrected chi connectivity index (χ4v) is 2.60. The van der Waals surface area contributed by atoms with E-state index in [-0.39, 0.29) is 25.2 Å². The second-order valence-corrected chi connectivity index (χ2v) is 5.24. The number of likely N-dealkylation sites (tertiary alicyclic amines) is 1. The van der Waals surface area contributed by atoms with Gasteiger partial charge in [-0.15, -0.1) is 0 Å². The lowest BCUT2D eigenvalue weighted by Crippen LogP contribution is -2.44. The molecule has 0 radical (unpaired) electrons. The van der Waals surface area contributed by atoms with Crippen LogP contribution in [-0.2, 0) is 4.79 Å². The minimum absolute atomic E-state index is 0.00281. The van der Waals surface area contributed by atoms with E-state index in [1.807, 2.05) is 0 Å². The molecule has 2 rings (SSSR count). The minimum Gasteiger partial charge on any atom is -0.497 e. The average Bonchev–Trinajstić information content (AvgIpc) is 2.78. The molecule has 1 saturated heterocycles. The number of ether oxygens (including phenoxy) is 2. The van der Waals surface area contributed by atoms with Crippen molar-refractivity contribution in [3.8, 4) is 11.5 Å². The molecule has 1 aromatic rings. The van der Waals surface area contributed by atoms with E-state index in [0.29, 0.717) is 12.3 Å². The number of nitrogens with zero attached hydrogens (tertiary/aromatic N) is 1. The minimum atomic E-state index is -0.0699. The molecule has 1 aliphatic rings. The van der Waals surface area contributed by atoms with Crippen LogP contribution in [0.1, 0.15) is 25.7 Å². The Kier molecular flexibility index (Phi) is 5.87. The van der Waals surface area contributed by atoms with Crippen molar-refractivity contribution in [3.63, 3.8) is 0 Å². The summed E-state index contributed by atoms with van der Waals surface area (Å²) < 4.78 is 10.6. The summed E-state index contributed by atoms with van der Waals surface area (Å²) in [7, 11) is 1.60. The fraction of sp³-hybridized carbons (Fsp3) is 0.562. The summed E-state index contributed by atoms with van der Waals surface area (Å²) in [5.74, 6) is 1.33. The lowest BCUT2D eigenvalue weighted by atomic mass is 10.1. The number of hydrogen-bond donors (Lipinski definition) is 1. The predicted octanol–water partition coefficient (Wildman–Crippen LogP) is 1.84. The zero-order chi connectivity index (χ0) is 15.1. The molecule has 0 saturated carbocycles. The van der Waals surface area contributed by atoms with Gasteiger partial charge < -0.3 is 19.5 Å². The first-order valence-electron chi connectivity index (χ1n) is 7.41. The molecule has 5 heteroatoms. The number of aliphatic hydroxyl groups excluding tert-OH is 1. The molecule has 0 aliphatic carbocycles. The summed E-state index contributed by atoms with van der Waals surface area (Å²) in [6.45, 7) is 0.729. The molecule has 0 aromatic heterocycles. The zero-order valence-corrected chi connectivity index (χ0v) is 12.5. The van der Waals surface area contributed by atoms with E-state index in [9.17, 15) is 9.90 Å². The van der Waals surface area contributed by atoms with E-state index in [0.717, 1.165) is 31.4 Å². The first-order chi connectivity index (χ1) is 10.2. The van der Waals surface area contributed by atoms with E-state index in [4.69, 9.17) is 9.47 Å². The lowest BCUT2D eigenvalue weighted by Gasteiger charge is -2.28. The highest BCUT2D eigenvalue weighted by atomic mass is 16.5. The molecular formula is C16H23NO4. The molecule has 0 bridgehead atoms. The van der Waals surface area contributed by atoms with E-state index in [1.165, 1.54) is 0 Å². The third kappa shape index (κ3) is 4.36. The van der Waals surface area contributed by atoms with Gasteiger partial charge >= 0.3 is 0 Å². The number of methoxy groups -OCH3 is 1. The molecule has 1 unspecified atom stereocenters. The summed E-state index contributed by atoms with van der Waals surface area (Å²) in [5, 5.41) is 9.43. The summed E-state index contributed by atoms with van der Waals surface area (Å²) in [5.41, 5.74) is 0. The smallest absolute Gasteiger partial charge is 0.260 e. The number of aliphatic hydroxyl groups is 1. The SMILES string of the molecule is COc1ccc(OCC(=O)N2CCCCCC2CO)cc1. The van der Waals surface area contributed by atoms with Crippen molar-refractivity contribution in [2.45, 2.75) is 31.7 Å². The van der Waals surface area contributed by atoms with Gasteiger partial charge in [0.25, 0.3) is 5.91 Å². The van der Waals surface area contributed by atoms with Crippen LogP contribution in [0.5, 0.6) is 11.5 Å². The van der Waals surface area contributed by atoms with Gasteiger partial charge in [0.1, 0.15) is 11.5 Å². The Bertz CT molecular complexity index is 446. The van der Waals surface area contributed by atoms with Crippen LogP contribution in [0, 0.1) is 0 Å². The second-order valence-electron chi connectivity index (χ2n) is 5.24. The number of amides is 1. The molecule has 1 heterocycles. The van der Waals surface area contributed by atoms with Crippen molar-refractivity contribution in [1.82, 2.24) is 4.90 Å². The van der Waals surface area contributed by atoms with Gasteiger partial charge in [0, 0.05) is 6.54 Å². The number of carbonyl (C=O) groups is 1. The van der Waals surface area contributed by atoms with Crippen LogP contribution in [0.4, 0.5) is 0 Å². The number of carbonyl (C=O) groups excluding carboxylic acids is 1.